The average molecular weight is 394 g/mol. The summed E-state index contributed by atoms with van der Waals surface area (Å²) in [7, 11) is 0. The largest absolute Gasteiger partial charge is 0.354 e. The van der Waals surface area contributed by atoms with Gasteiger partial charge in [0.25, 0.3) is 0 Å². The van der Waals surface area contributed by atoms with Crippen molar-refractivity contribution in [2.75, 3.05) is 6.54 Å². The number of hydrogen-bond acceptors (Lipinski definition) is 4. The highest BCUT2D eigenvalue weighted by molar-refractivity contribution is 7.09. The predicted molar refractivity (Wildman–Crippen MR) is 116 cm³/mol. The number of carbonyl (C=O) groups is 1. The maximum absolute atomic E-state index is 12.3. The normalized spacial score (nSPS) is 12.1. The van der Waals surface area contributed by atoms with Gasteiger partial charge in [-0.05, 0) is 22.6 Å². The summed E-state index contributed by atoms with van der Waals surface area (Å²) >= 11 is 1.60. The molecule has 0 saturated heterocycles. The third-order valence-electron chi connectivity index (χ3n) is 4.69. The number of nitrogens with zero attached hydrogens (tertiary/aromatic N) is 1. The molecule has 2 aromatic carbocycles. The first-order valence-electron chi connectivity index (χ1n) is 9.60. The van der Waals surface area contributed by atoms with Crippen LogP contribution in [0.1, 0.15) is 53.2 Å². The van der Waals surface area contributed by atoms with E-state index in [0.29, 0.717) is 12.5 Å². The van der Waals surface area contributed by atoms with Crippen molar-refractivity contribution in [1.29, 1.82) is 0 Å². The van der Waals surface area contributed by atoms with Crippen molar-refractivity contribution in [1.82, 2.24) is 10.3 Å². The van der Waals surface area contributed by atoms with E-state index in [1.165, 1.54) is 11.1 Å². The number of thiazole rings is 1. The molecule has 1 unspecified atom stereocenters. The van der Waals surface area contributed by atoms with Crippen LogP contribution in [0.2, 0.25) is 0 Å². The molecular weight excluding hydrogens is 366 g/mol. The molecule has 0 bridgehead atoms. The van der Waals surface area contributed by atoms with Gasteiger partial charge in [0, 0.05) is 24.4 Å². The third kappa shape index (κ3) is 5.75. The number of amides is 1. The van der Waals surface area contributed by atoms with Crippen LogP contribution in [-0.4, -0.2) is 17.4 Å². The Bertz CT molecular complexity index is 888. The SMILES string of the molecule is CC(C)c1ccc(C(N)CNC(=O)Cc2csc(Cc3ccccc3)n2)cc1. The summed E-state index contributed by atoms with van der Waals surface area (Å²) in [6.07, 6.45) is 1.08. The molecule has 4 nitrogen and oxygen atoms in total. The summed E-state index contributed by atoms with van der Waals surface area (Å²) in [5.41, 5.74) is 10.6. The monoisotopic (exact) mass is 393 g/mol. The Kier molecular flexibility index (Phi) is 6.95. The maximum atomic E-state index is 12.3. The first-order valence-corrected chi connectivity index (χ1v) is 10.5. The summed E-state index contributed by atoms with van der Waals surface area (Å²) < 4.78 is 0. The van der Waals surface area contributed by atoms with Gasteiger partial charge in [-0.15, -0.1) is 11.3 Å². The lowest BCUT2D eigenvalue weighted by atomic mass is 9.99. The van der Waals surface area contributed by atoms with Crippen molar-refractivity contribution in [3.05, 3.63) is 87.4 Å². The van der Waals surface area contributed by atoms with Crippen molar-refractivity contribution < 1.29 is 4.79 Å². The Morgan fingerprint density at radius 3 is 2.43 bits per heavy atom. The highest BCUT2D eigenvalue weighted by Gasteiger charge is 2.11. The highest BCUT2D eigenvalue weighted by Crippen LogP contribution is 2.18. The van der Waals surface area contributed by atoms with Crippen LogP contribution in [-0.2, 0) is 17.6 Å². The van der Waals surface area contributed by atoms with Crippen LogP contribution in [0.3, 0.4) is 0 Å². The van der Waals surface area contributed by atoms with Gasteiger partial charge >= 0.3 is 0 Å². The summed E-state index contributed by atoms with van der Waals surface area (Å²) in [6.45, 7) is 4.75. The zero-order valence-electron chi connectivity index (χ0n) is 16.4. The molecule has 146 valence electrons. The molecule has 0 saturated carbocycles. The van der Waals surface area contributed by atoms with Crippen molar-refractivity contribution >= 4 is 17.2 Å². The van der Waals surface area contributed by atoms with Gasteiger partial charge in [0.1, 0.15) is 0 Å². The lowest BCUT2D eigenvalue weighted by molar-refractivity contribution is -0.120. The van der Waals surface area contributed by atoms with Crippen molar-refractivity contribution in [3.8, 4) is 0 Å². The van der Waals surface area contributed by atoms with Crippen molar-refractivity contribution in [2.24, 2.45) is 5.73 Å². The highest BCUT2D eigenvalue weighted by atomic mass is 32.1. The molecule has 5 heteroatoms. The smallest absolute Gasteiger partial charge is 0.226 e. The Morgan fingerprint density at radius 1 is 1.07 bits per heavy atom. The maximum Gasteiger partial charge on any atom is 0.226 e. The molecule has 0 aliphatic carbocycles. The fourth-order valence-electron chi connectivity index (χ4n) is 2.98. The van der Waals surface area contributed by atoms with E-state index in [0.717, 1.165) is 22.7 Å². The third-order valence-corrected chi connectivity index (χ3v) is 5.59. The molecule has 0 spiro atoms. The molecule has 0 fully saturated rings. The van der Waals surface area contributed by atoms with Gasteiger partial charge in [0.05, 0.1) is 17.1 Å². The Hall–Kier alpha value is -2.50. The molecular formula is C23H27N3OS. The van der Waals surface area contributed by atoms with Crippen LogP contribution < -0.4 is 11.1 Å². The minimum Gasteiger partial charge on any atom is -0.354 e. The number of carbonyl (C=O) groups excluding carboxylic acids is 1. The molecule has 3 aromatic rings. The molecule has 3 N–H and O–H groups in total. The van der Waals surface area contributed by atoms with E-state index in [9.17, 15) is 4.79 Å². The first kappa shape index (κ1) is 20.2. The average Bonchev–Trinajstić information content (AvgIpc) is 3.13. The second-order valence-electron chi connectivity index (χ2n) is 7.30. The molecule has 1 atom stereocenters. The quantitative estimate of drug-likeness (QED) is 0.602. The van der Waals surface area contributed by atoms with E-state index >= 15 is 0 Å². The van der Waals surface area contributed by atoms with Gasteiger partial charge in [-0.2, -0.15) is 0 Å². The molecule has 1 aromatic heterocycles. The van der Waals surface area contributed by atoms with Gasteiger partial charge in [0.15, 0.2) is 0 Å². The van der Waals surface area contributed by atoms with E-state index in [4.69, 9.17) is 5.73 Å². The van der Waals surface area contributed by atoms with Crippen LogP contribution >= 0.6 is 11.3 Å². The molecule has 1 amide bonds. The number of benzene rings is 2. The molecule has 3 rings (SSSR count). The minimum atomic E-state index is -0.214. The van der Waals surface area contributed by atoms with E-state index in [-0.39, 0.29) is 18.4 Å². The molecule has 0 radical (unpaired) electrons. The molecule has 28 heavy (non-hydrogen) atoms. The van der Waals surface area contributed by atoms with Gasteiger partial charge in [0.2, 0.25) is 5.91 Å². The molecule has 1 heterocycles. The Balaban J connectivity index is 1.47. The number of hydrogen-bond donors (Lipinski definition) is 2. The summed E-state index contributed by atoms with van der Waals surface area (Å²) in [5, 5.41) is 5.91. The fraction of sp³-hybridized carbons (Fsp3) is 0.304. The van der Waals surface area contributed by atoms with Gasteiger partial charge in [-0.1, -0.05) is 68.4 Å². The molecule has 0 aliphatic rings. The van der Waals surface area contributed by atoms with Crippen LogP contribution in [0, 0.1) is 0 Å². The van der Waals surface area contributed by atoms with Gasteiger partial charge in [-0.25, -0.2) is 4.98 Å². The van der Waals surface area contributed by atoms with E-state index in [1.807, 2.05) is 35.7 Å². The van der Waals surface area contributed by atoms with Gasteiger partial charge in [-0.3, -0.25) is 4.79 Å². The lowest BCUT2D eigenvalue weighted by Gasteiger charge is -2.14. The van der Waals surface area contributed by atoms with Crippen LogP contribution in [0.5, 0.6) is 0 Å². The van der Waals surface area contributed by atoms with Crippen LogP contribution in [0.25, 0.3) is 0 Å². The zero-order valence-corrected chi connectivity index (χ0v) is 17.2. The number of nitrogens with two attached hydrogens (primary N) is 1. The lowest BCUT2D eigenvalue weighted by Crippen LogP contribution is -2.32. The van der Waals surface area contributed by atoms with E-state index < -0.39 is 0 Å². The van der Waals surface area contributed by atoms with Crippen LogP contribution in [0.15, 0.2) is 60.0 Å². The van der Waals surface area contributed by atoms with Gasteiger partial charge < -0.3 is 11.1 Å². The Labute approximate surface area is 170 Å². The topological polar surface area (TPSA) is 68.0 Å². The summed E-state index contributed by atoms with van der Waals surface area (Å²) in [6, 6.07) is 18.3. The van der Waals surface area contributed by atoms with E-state index in [2.05, 4.69) is 48.4 Å². The number of aromatic nitrogens is 1. The zero-order chi connectivity index (χ0) is 19.9. The second-order valence-corrected chi connectivity index (χ2v) is 8.25. The standard InChI is InChI=1S/C23H27N3OS/c1-16(2)18-8-10-19(11-9-18)21(24)14-25-22(27)13-20-15-28-23(26-20)12-17-6-4-3-5-7-17/h3-11,15-16,21H,12-14,24H2,1-2H3,(H,25,27). The predicted octanol–water partition coefficient (Wildman–Crippen LogP) is 4.22. The molecule has 0 aliphatic heterocycles. The second kappa shape index (κ2) is 9.62. The summed E-state index contributed by atoms with van der Waals surface area (Å²) in [4.78, 5) is 16.8. The fourth-order valence-corrected chi connectivity index (χ4v) is 3.81. The number of nitrogens with one attached hydrogen (secondary N) is 1. The van der Waals surface area contributed by atoms with Crippen molar-refractivity contribution in [3.63, 3.8) is 0 Å². The van der Waals surface area contributed by atoms with Crippen molar-refractivity contribution in [2.45, 2.75) is 38.6 Å². The minimum absolute atomic E-state index is 0.0502. The summed E-state index contributed by atoms with van der Waals surface area (Å²) in [5.74, 6) is 0.445. The van der Waals surface area contributed by atoms with Crippen LogP contribution in [0.4, 0.5) is 0 Å². The number of rotatable bonds is 8. The first-order chi connectivity index (χ1) is 13.5. The van der Waals surface area contributed by atoms with E-state index in [1.54, 1.807) is 11.3 Å². The Morgan fingerprint density at radius 2 is 1.75 bits per heavy atom.